The molecule has 0 fully saturated rings. The summed E-state index contributed by atoms with van der Waals surface area (Å²) in [5, 5.41) is 14.8. The molecular weight excluding hydrogens is 230 g/mol. The van der Waals surface area contributed by atoms with E-state index >= 15 is 0 Å². The van der Waals surface area contributed by atoms with Gasteiger partial charge < -0.3 is 15.7 Å². The summed E-state index contributed by atoms with van der Waals surface area (Å²) in [5.74, 6) is 0. The quantitative estimate of drug-likeness (QED) is 0.749. The van der Waals surface area contributed by atoms with E-state index in [1.807, 2.05) is 13.8 Å². The molecule has 5 heteroatoms. The third-order valence-electron chi connectivity index (χ3n) is 2.49. The van der Waals surface area contributed by atoms with Crippen LogP contribution in [0.4, 0.5) is 10.5 Å². The van der Waals surface area contributed by atoms with Crippen LogP contribution in [0.5, 0.6) is 0 Å². The molecule has 0 saturated heterocycles. The summed E-state index contributed by atoms with van der Waals surface area (Å²) in [6.45, 7) is 6.26. The second-order valence-electron chi connectivity index (χ2n) is 5.27. The fourth-order valence-corrected chi connectivity index (χ4v) is 1.80. The van der Waals surface area contributed by atoms with Crippen molar-refractivity contribution in [2.24, 2.45) is 5.41 Å². The van der Waals surface area contributed by atoms with Crippen molar-refractivity contribution >= 4 is 11.7 Å². The molecular formula is C13H21N3O2. The summed E-state index contributed by atoms with van der Waals surface area (Å²) < 4.78 is 0. The van der Waals surface area contributed by atoms with Gasteiger partial charge >= 0.3 is 6.03 Å². The van der Waals surface area contributed by atoms with Gasteiger partial charge in [-0.3, -0.25) is 4.98 Å². The molecule has 100 valence electrons. The maximum Gasteiger partial charge on any atom is 0.319 e. The van der Waals surface area contributed by atoms with Crippen molar-refractivity contribution in [1.29, 1.82) is 0 Å². The van der Waals surface area contributed by atoms with Crippen LogP contribution in [-0.2, 0) is 0 Å². The second kappa shape index (κ2) is 6.35. The van der Waals surface area contributed by atoms with Crippen LogP contribution in [-0.4, -0.2) is 28.8 Å². The molecule has 5 nitrogen and oxygen atoms in total. The fourth-order valence-electron chi connectivity index (χ4n) is 1.80. The number of carbonyl (C=O) groups is 1. The van der Waals surface area contributed by atoms with Crippen LogP contribution in [0.2, 0.25) is 0 Å². The smallest absolute Gasteiger partial charge is 0.319 e. The van der Waals surface area contributed by atoms with Crippen molar-refractivity contribution in [2.45, 2.75) is 33.3 Å². The van der Waals surface area contributed by atoms with Gasteiger partial charge in [-0.15, -0.1) is 0 Å². The Morgan fingerprint density at radius 2 is 2.28 bits per heavy atom. The van der Waals surface area contributed by atoms with Gasteiger partial charge in [0.2, 0.25) is 0 Å². The first kappa shape index (κ1) is 14.4. The number of aliphatic hydroxyl groups is 1. The molecule has 18 heavy (non-hydrogen) atoms. The van der Waals surface area contributed by atoms with Gasteiger partial charge in [0.1, 0.15) is 0 Å². The fraction of sp³-hybridized carbons (Fsp3) is 0.538. The van der Waals surface area contributed by atoms with Crippen molar-refractivity contribution < 1.29 is 9.90 Å². The van der Waals surface area contributed by atoms with E-state index in [2.05, 4.69) is 15.6 Å². The average Bonchev–Trinajstić information content (AvgIpc) is 2.26. The standard InChI is InChI=1S/C13H21N3O2/c1-10(17)7-13(2,3)9-15-12(18)16-11-5-4-6-14-8-11/h4-6,8,10,17H,7,9H2,1-3H3,(H2,15,16,18)/t10-/m1/s1. The molecule has 1 rings (SSSR count). The Bertz CT molecular complexity index is 377. The molecule has 0 spiro atoms. The Balaban J connectivity index is 2.37. The van der Waals surface area contributed by atoms with Gasteiger partial charge in [0.05, 0.1) is 18.0 Å². The van der Waals surface area contributed by atoms with Crippen molar-refractivity contribution in [3.63, 3.8) is 0 Å². The number of hydrogen-bond donors (Lipinski definition) is 3. The zero-order chi connectivity index (χ0) is 13.6. The number of pyridine rings is 1. The van der Waals surface area contributed by atoms with E-state index < -0.39 is 0 Å². The van der Waals surface area contributed by atoms with Crippen LogP contribution < -0.4 is 10.6 Å². The van der Waals surface area contributed by atoms with Crippen LogP contribution in [0.15, 0.2) is 24.5 Å². The molecule has 0 aliphatic heterocycles. The first-order valence-corrected chi connectivity index (χ1v) is 6.02. The highest BCUT2D eigenvalue weighted by Crippen LogP contribution is 2.21. The highest BCUT2D eigenvalue weighted by molar-refractivity contribution is 5.88. The van der Waals surface area contributed by atoms with Crippen molar-refractivity contribution in [3.05, 3.63) is 24.5 Å². The SMILES string of the molecule is C[C@@H](O)CC(C)(C)CNC(=O)Nc1cccnc1. The third-order valence-corrected chi connectivity index (χ3v) is 2.49. The second-order valence-corrected chi connectivity index (χ2v) is 5.27. The third kappa shape index (κ3) is 5.63. The Kier molecular flexibility index (Phi) is 5.09. The summed E-state index contributed by atoms with van der Waals surface area (Å²) in [6, 6.07) is 3.27. The molecule has 1 heterocycles. The number of rotatable bonds is 5. The number of nitrogens with one attached hydrogen (secondary N) is 2. The number of carbonyl (C=O) groups excluding carboxylic acids is 1. The Labute approximate surface area is 108 Å². The van der Waals surface area contributed by atoms with E-state index in [0.717, 1.165) is 0 Å². The monoisotopic (exact) mass is 251 g/mol. The van der Waals surface area contributed by atoms with Gasteiger partial charge in [-0.2, -0.15) is 0 Å². The highest BCUT2D eigenvalue weighted by atomic mass is 16.3. The van der Waals surface area contributed by atoms with E-state index in [1.165, 1.54) is 0 Å². The lowest BCUT2D eigenvalue weighted by Crippen LogP contribution is -2.38. The van der Waals surface area contributed by atoms with Gasteiger partial charge in [0, 0.05) is 12.7 Å². The number of anilines is 1. The van der Waals surface area contributed by atoms with Crippen LogP contribution in [0, 0.1) is 5.41 Å². The predicted molar refractivity (Wildman–Crippen MR) is 71.3 cm³/mol. The van der Waals surface area contributed by atoms with E-state index in [1.54, 1.807) is 31.5 Å². The highest BCUT2D eigenvalue weighted by Gasteiger charge is 2.20. The Morgan fingerprint density at radius 1 is 1.56 bits per heavy atom. The van der Waals surface area contributed by atoms with E-state index in [4.69, 9.17) is 0 Å². The molecule has 3 N–H and O–H groups in total. The molecule has 1 aromatic heterocycles. The number of amides is 2. The molecule has 1 aromatic rings. The maximum absolute atomic E-state index is 11.6. The lowest BCUT2D eigenvalue weighted by molar-refractivity contribution is 0.129. The van der Waals surface area contributed by atoms with Crippen LogP contribution in [0.25, 0.3) is 0 Å². The molecule has 0 saturated carbocycles. The number of hydrogen-bond acceptors (Lipinski definition) is 3. The van der Waals surface area contributed by atoms with Crippen molar-refractivity contribution in [2.75, 3.05) is 11.9 Å². The molecule has 0 aliphatic rings. The molecule has 0 bridgehead atoms. The van der Waals surface area contributed by atoms with Crippen LogP contribution in [0.1, 0.15) is 27.2 Å². The summed E-state index contributed by atoms with van der Waals surface area (Å²) >= 11 is 0. The molecule has 0 radical (unpaired) electrons. The van der Waals surface area contributed by atoms with Gasteiger partial charge in [-0.1, -0.05) is 13.8 Å². The number of urea groups is 1. The minimum absolute atomic E-state index is 0.138. The summed E-state index contributed by atoms with van der Waals surface area (Å²) in [5.41, 5.74) is 0.517. The number of aromatic nitrogens is 1. The lowest BCUT2D eigenvalue weighted by atomic mass is 9.87. The minimum Gasteiger partial charge on any atom is -0.393 e. The predicted octanol–water partition coefficient (Wildman–Crippen LogP) is 2.00. The normalized spacial score (nSPS) is 12.9. The maximum atomic E-state index is 11.6. The van der Waals surface area contributed by atoms with Gasteiger partial charge in [0.25, 0.3) is 0 Å². The van der Waals surface area contributed by atoms with E-state index in [9.17, 15) is 9.90 Å². The number of nitrogens with zero attached hydrogens (tertiary/aromatic N) is 1. The first-order valence-electron chi connectivity index (χ1n) is 6.02. The Morgan fingerprint density at radius 3 is 2.83 bits per heavy atom. The van der Waals surface area contributed by atoms with E-state index in [0.29, 0.717) is 18.7 Å². The first-order chi connectivity index (χ1) is 8.39. The summed E-state index contributed by atoms with van der Waals surface area (Å²) in [7, 11) is 0. The lowest BCUT2D eigenvalue weighted by Gasteiger charge is -2.26. The zero-order valence-corrected chi connectivity index (χ0v) is 11.1. The molecule has 0 unspecified atom stereocenters. The molecule has 0 aliphatic carbocycles. The summed E-state index contributed by atoms with van der Waals surface area (Å²) in [4.78, 5) is 15.5. The molecule has 2 amide bonds. The molecule has 1 atom stereocenters. The van der Waals surface area contributed by atoms with Crippen molar-refractivity contribution in [1.82, 2.24) is 10.3 Å². The minimum atomic E-state index is -0.372. The topological polar surface area (TPSA) is 74.2 Å². The van der Waals surface area contributed by atoms with Crippen molar-refractivity contribution in [3.8, 4) is 0 Å². The molecule has 0 aromatic carbocycles. The number of aliphatic hydroxyl groups excluding tert-OH is 1. The van der Waals surface area contributed by atoms with E-state index in [-0.39, 0.29) is 17.6 Å². The largest absolute Gasteiger partial charge is 0.393 e. The van der Waals surface area contributed by atoms with Crippen LogP contribution in [0.3, 0.4) is 0 Å². The summed E-state index contributed by atoms with van der Waals surface area (Å²) in [6.07, 6.45) is 3.50. The van der Waals surface area contributed by atoms with Gasteiger partial charge in [-0.05, 0) is 30.9 Å². The van der Waals surface area contributed by atoms with Gasteiger partial charge in [-0.25, -0.2) is 4.79 Å². The van der Waals surface area contributed by atoms with Gasteiger partial charge in [0.15, 0.2) is 0 Å². The Hall–Kier alpha value is -1.62. The van der Waals surface area contributed by atoms with Crippen LogP contribution >= 0.6 is 0 Å². The average molecular weight is 251 g/mol. The zero-order valence-electron chi connectivity index (χ0n) is 11.1.